The van der Waals surface area contributed by atoms with Crippen molar-refractivity contribution in [1.29, 1.82) is 0 Å². The van der Waals surface area contributed by atoms with Gasteiger partial charge in [0.2, 0.25) is 29.6 Å². The molecule has 0 spiro atoms. The van der Waals surface area contributed by atoms with E-state index in [-0.39, 0.29) is 56.0 Å². The van der Waals surface area contributed by atoms with Gasteiger partial charge < -0.3 is 66.6 Å². The number of thiophene rings is 3. The second-order valence-electron chi connectivity index (χ2n) is 29.4. The molecule has 4 amide bonds. The molecule has 0 fully saturated rings. The number of rotatable bonds is 25. The number of aliphatic hydroxyl groups excluding tert-OH is 2. The number of benzene rings is 8. The van der Waals surface area contributed by atoms with Crippen molar-refractivity contribution in [2.75, 3.05) is 114 Å². The van der Waals surface area contributed by atoms with Crippen molar-refractivity contribution < 1.29 is 48.4 Å². The minimum Gasteiger partial charge on any atom is -0.471 e. The zero-order chi connectivity index (χ0) is 89.0. The highest BCUT2D eigenvalue weighted by Crippen LogP contribution is 2.37. The van der Waals surface area contributed by atoms with Crippen LogP contribution in [0.15, 0.2) is 250 Å². The Labute approximate surface area is 743 Å². The minimum atomic E-state index is -0.488. The summed E-state index contributed by atoms with van der Waals surface area (Å²) in [4.78, 5) is 114. The summed E-state index contributed by atoms with van der Waals surface area (Å²) in [5.41, 5.74) is 30.2. The number of nitrogens with one attached hydrogen (secondary N) is 2. The van der Waals surface area contributed by atoms with E-state index in [9.17, 15) is 24.0 Å². The van der Waals surface area contributed by atoms with E-state index in [1.54, 1.807) is 64.7 Å². The number of carbonyl (C=O) groups excluding carboxylic acids is 5. The number of imidazole rings is 1. The first-order valence-corrected chi connectivity index (χ1v) is 42.8. The third kappa shape index (κ3) is 22.3. The van der Waals surface area contributed by atoms with Crippen molar-refractivity contribution in [2.45, 2.75) is 32.7 Å². The van der Waals surface area contributed by atoms with Gasteiger partial charge in [-0.25, -0.2) is 24.7 Å². The van der Waals surface area contributed by atoms with Crippen LogP contribution in [0.3, 0.4) is 0 Å². The summed E-state index contributed by atoms with van der Waals surface area (Å²) in [5, 5.41) is 24.1. The Balaban J connectivity index is 0.000000142. The van der Waals surface area contributed by atoms with E-state index in [1.807, 2.05) is 224 Å². The number of nitrogens with two attached hydrogens (primary N) is 3. The first kappa shape index (κ1) is 88.6. The summed E-state index contributed by atoms with van der Waals surface area (Å²) in [6.07, 6.45) is 7.99. The molecule has 0 unspecified atom stereocenters. The number of amidine groups is 3. The van der Waals surface area contributed by atoms with Gasteiger partial charge in [0, 0.05) is 139 Å². The van der Waals surface area contributed by atoms with Gasteiger partial charge in [0.25, 0.3) is 11.8 Å². The van der Waals surface area contributed by atoms with Crippen molar-refractivity contribution in [3.8, 4) is 11.8 Å². The molecule has 4 aliphatic rings. The summed E-state index contributed by atoms with van der Waals surface area (Å²) in [7, 11) is 11.1. The number of aliphatic imine (C=N–C) groups is 4. The summed E-state index contributed by atoms with van der Waals surface area (Å²) < 4.78 is 20.3. The lowest BCUT2D eigenvalue weighted by Crippen LogP contribution is -2.28. The molecule has 33 heteroatoms. The number of anilines is 5. The van der Waals surface area contributed by atoms with Crippen LogP contribution >= 0.6 is 34.0 Å². The number of nitrogens with zero attached hydrogens (tertiary/aromatic N) is 15. The number of nitrogen functional groups attached to an aromatic ring is 2. The highest BCUT2D eigenvalue weighted by atomic mass is 32.1. The van der Waals surface area contributed by atoms with E-state index in [0.29, 0.717) is 104 Å². The van der Waals surface area contributed by atoms with E-state index in [2.05, 4.69) is 91.6 Å². The number of carbonyl (C=O) groups is 5. The number of hydrogen-bond donors (Lipinski definition) is 7. The van der Waals surface area contributed by atoms with Gasteiger partial charge in [0.05, 0.1) is 36.7 Å². The molecule has 0 aliphatic carbocycles. The molecule has 0 saturated carbocycles. The van der Waals surface area contributed by atoms with E-state index >= 15 is 0 Å². The minimum absolute atomic E-state index is 0.0545. The average Bonchev–Trinajstić information content (AvgIpc) is 1.64. The van der Waals surface area contributed by atoms with Crippen LogP contribution in [0.2, 0.25) is 0 Å². The molecule has 18 rings (SSSR count). The first-order valence-electron chi connectivity index (χ1n) is 40.4. The molecule has 0 atom stereocenters. The van der Waals surface area contributed by atoms with Gasteiger partial charge in [-0.3, -0.25) is 43.9 Å². The van der Waals surface area contributed by atoms with E-state index in [1.165, 1.54) is 17.7 Å². The molecule has 14 aromatic rings. The lowest BCUT2D eigenvalue weighted by molar-refractivity contribution is -0.124. The molecule has 0 bridgehead atoms. The molecule has 646 valence electrons. The second kappa shape index (κ2) is 41.6. The summed E-state index contributed by atoms with van der Waals surface area (Å²) >= 11 is 4.71. The smallest absolute Gasteiger partial charge is 0.407 e. The van der Waals surface area contributed by atoms with E-state index in [4.69, 9.17) is 41.6 Å². The van der Waals surface area contributed by atoms with Gasteiger partial charge in [-0.05, 0) is 105 Å². The number of fused-ring (bicyclic) bond motifs is 5. The third-order valence-electron chi connectivity index (χ3n) is 20.6. The average molecular weight is 1760 g/mol. The Bertz CT molecular complexity index is 6500. The predicted octanol–water partition coefficient (Wildman–Crippen LogP) is 13.3. The van der Waals surface area contributed by atoms with Crippen molar-refractivity contribution >= 4 is 176 Å². The third-order valence-corrected chi connectivity index (χ3v) is 23.7. The van der Waals surface area contributed by atoms with Gasteiger partial charge in [-0.2, -0.15) is 15.0 Å². The van der Waals surface area contributed by atoms with Crippen molar-refractivity contribution in [2.24, 2.45) is 25.7 Å². The van der Waals surface area contributed by atoms with Crippen LogP contribution < -0.4 is 46.7 Å². The highest BCUT2D eigenvalue weighted by Gasteiger charge is 2.30. The highest BCUT2D eigenvalue weighted by molar-refractivity contribution is 7.21. The molecule has 0 radical (unpaired) electrons. The zero-order valence-corrected chi connectivity index (χ0v) is 72.9. The lowest BCUT2D eigenvalue weighted by atomic mass is 10.1. The number of H-pyrrole nitrogens is 1. The Morgan fingerprint density at radius 2 is 1.00 bits per heavy atom. The van der Waals surface area contributed by atoms with Crippen LogP contribution in [0.1, 0.15) is 64.1 Å². The fourth-order valence-electron chi connectivity index (χ4n) is 13.6. The SMILES string of the molecule is CN(CCO)c1ccc2cc(C=O)sc2c1.CN1C(=O)/C(=C\c2cc3ccc(N(C)CCO)cc3s2)N=C1c1ccccc1.CN1C(=O)/C(=C\c2cc3ccc(N(C)CCOC(=O)NCc4ccc(COc5nc(N)nc6c5N=CC6)cc4)cc3s2)N=C1c1ccccc1.CN1C(=O)CN=C1c1ccccc1.NCc1ccc(COc2nc(N)nc3nc[nH]c23)cc1. The molecule has 6 aromatic heterocycles. The topological polar surface area (TPSA) is 393 Å². The van der Waals surface area contributed by atoms with Crippen LogP contribution in [0.25, 0.3) is 53.6 Å². The van der Waals surface area contributed by atoms with Gasteiger partial charge in [0.1, 0.15) is 66.5 Å². The van der Waals surface area contributed by atoms with Crippen LogP contribution in [0.4, 0.5) is 39.4 Å². The predicted molar refractivity (Wildman–Crippen MR) is 505 cm³/mol. The number of aromatic nitrogens is 6. The van der Waals surface area contributed by atoms with Gasteiger partial charge in [0.15, 0.2) is 11.9 Å². The standard InChI is InChI=1S/C37H34N8O4S.C22H21N3O2S.C13H14N6O.C12H13NO2S.C10H10N2O/c1-44(27-13-12-26-18-28(50-31(26)19-27)20-30-35(46)45(2)33(41-30)25-6-4-3-5-7-25)16-17-48-37(47)40-21-23-8-10-24(11-9-23)22-49-34-32-29(14-15-39-32)42-36(38)43-34;1-24(10-11-26)17-9-8-16-12-18(28-20(16)13-17)14-19-22(27)25(2)21(23-19)15-6-4-3-5-7-15;14-5-8-1-3-9(4-2-8)6-20-12-10-11(17-7-16-10)18-13(15)19-12;1-13(4-5-14)10-3-2-9-6-11(8-15)16-12(9)7-10;1-12-9(13)7-11-10(12)8-5-3-2-4-6-8/h3-13,15,18-20H,14,16-17,21-22H2,1-2H3,(H,40,47)(H2,38,42,43);3-9,12-14,26H,10-11H2,1-2H3;1-4,7H,5-6,14H2,(H3,15,16,17,18,19);2-3,6-8,14H,4-5H2,1H3;2-6H,7H2,1H3/b30-20+;19-14+;;;. The molecular weight excluding hydrogens is 1670 g/mol. The summed E-state index contributed by atoms with van der Waals surface area (Å²) in [5.74, 6) is 2.98. The van der Waals surface area contributed by atoms with Crippen molar-refractivity contribution in [1.82, 2.24) is 49.9 Å². The number of ether oxygens (including phenoxy) is 3. The fraction of sp³-hybridized carbons (Fsp3) is 0.191. The lowest BCUT2D eigenvalue weighted by Gasteiger charge is -2.19. The Morgan fingerprint density at radius 3 is 1.49 bits per heavy atom. The van der Waals surface area contributed by atoms with E-state index < -0.39 is 6.09 Å². The Hall–Kier alpha value is -14.7. The monoisotopic (exact) mass is 1760 g/mol. The number of hydrogen-bond acceptors (Lipinski definition) is 28. The number of amides is 4. The van der Waals surface area contributed by atoms with Crippen molar-refractivity contribution in [3.05, 3.63) is 289 Å². The number of aldehydes is 1. The maximum atomic E-state index is 12.9. The van der Waals surface area contributed by atoms with Crippen LogP contribution in [-0.4, -0.2) is 197 Å². The maximum Gasteiger partial charge on any atom is 0.407 e. The van der Waals surface area contributed by atoms with Crippen LogP contribution in [0, 0.1) is 0 Å². The van der Waals surface area contributed by atoms with Crippen molar-refractivity contribution in [3.63, 3.8) is 0 Å². The first-order chi connectivity index (χ1) is 61.7. The van der Waals surface area contributed by atoms with E-state index in [0.717, 1.165) is 119 Å². The largest absolute Gasteiger partial charge is 0.471 e. The van der Waals surface area contributed by atoms with Gasteiger partial charge >= 0.3 is 6.09 Å². The number of aromatic amines is 1. The molecule has 10 N–H and O–H groups in total. The molecule has 8 aromatic carbocycles. The summed E-state index contributed by atoms with van der Waals surface area (Å²) in [6.45, 7) is 4.00. The van der Waals surface area contributed by atoms with Gasteiger partial charge in [-0.1, -0.05) is 158 Å². The molecule has 10 heterocycles. The van der Waals surface area contributed by atoms with Crippen LogP contribution in [-0.2, 0) is 51.8 Å². The normalized spacial score (nSPS) is 13.8. The maximum absolute atomic E-state index is 12.9. The van der Waals surface area contributed by atoms with Crippen LogP contribution in [0.5, 0.6) is 11.8 Å². The second-order valence-corrected chi connectivity index (χ2v) is 32.7. The fourth-order valence-corrected chi connectivity index (χ4v) is 16.6. The Kier molecular flexibility index (Phi) is 29.0. The number of alkyl carbamates (subject to hydrolysis) is 1. The molecule has 30 nitrogen and oxygen atoms in total. The quantitative estimate of drug-likeness (QED) is 0.0206. The van der Waals surface area contributed by atoms with Gasteiger partial charge in [-0.15, -0.1) is 34.0 Å². The molecular formula is C94H92N20O10S3. The summed E-state index contributed by atoms with van der Waals surface area (Å²) in [6, 6.07) is 69.2. The molecule has 127 heavy (non-hydrogen) atoms. The molecule has 4 aliphatic heterocycles. The zero-order valence-electron chi connectivity index (χ0n) is 70.4. The number of aliphatic hydroxyl groups is 2. The Morgan fingerprint density at radius 1 is 0.543 bits per heavy atom. The molecule has 0 saturated heterocycles. The number of likely N-dealkylation sites (N-methyl/N-ethyl adjacent to an activating group) is 6.